The summed E-state index contributed by atoms with van der Waals surface area (Å²) in [6.07, 6.45) is 25.5. The Morgan fingerprint density at radius 3 is 1.57 bits per heavy atom. The van der Waals surface area contributed by atoms with Crippen molar-refractivity contribution < 1.29 is 18.9 Å². The molecule has 0 saturated heterocycles. The van der Waals surface area contributed by atoms with Gasteiger partial charge in [-0.25, -0.2) is 0 Å². The quantitative estimate of drug-likeness (QED) is 0.152. The van der Waals surface area contributed by atoms with Crippen molar-refractivity contribution in [2.24, 2.45) is 11.8 Å². The lowest BCUT2D eigenvalue weighted by molar-refractivity contribution is -0.0128. The fourth-order valence-corrected chi connectivity index (χ4v) is 8.04. The third-order valence-corrected chi connectivity index (χ3v) is 10.8. The zero-order chi connectivity index (χ0) is 29.2. The Morgan fingerprint density at radius 1 is 0.500 bits per heavy atom. The van der Waals surface area contributed by atoms with Crippen molar-refractivity contribution in [3.8, 4) is 0 Å². The number of methoxy groups -OCH3 is 1. The third-order valence-electron chi connectivity index (χ3n) is 10.8. The number of unbranched alkanes of at least 4 members (excludes halogenated alkanes) is 5. The van der Waals surface area contributed by atoms with Crippen LogP contribution in [-0.2, 0) is 18.9 Å². The lowest BCUT2D eigenvalue weighted by atomic mass is 9.69. The van der Waals surface area contributed by atoms with Crippen LogP contribution in [0.5, 0.6) is 0 Å². The number of ether oxygens (including phenoxy) is 4. The molecule has 0 aliphatic heterocycles. The molecule has 4 nitrogen and oxygen atoms in total. The standard InChI is InChI=1S/C38H64O4/c1-3-4-5-6-7-27-40-29-30-42-38-24-20-36(21-25-38)34-16-12-32(13-17-34)31-10-14-33(15-11-31)35-18-22-37(23-19-35)41-28-9-8-26-39-2/h12-13,16-17,31,33,35-38H,3-11,14-15,18-30H2,1-2H3. The van der Waals surface area contributed by atoms with Gasteiger partial charge in [-0.15, -0.1) is 0 Å². The van der Waals surface area contributed by atoms with Crippen molar-refractivity contribution in [1.29, 1.82) is 0 Å². The highest BCUT2D eigenvalue weighted by Crippen LogP contribution is 2.44. The molecule has 240 valence electrons. The summed E-state index contributed by atoms with van der Waals surface area (Å²) in [5.74, 6) is 3.36. The summed E-state index contributed by atoms with van der Waals surface area (Å²) in [5.41, 5.74) is 3.14. The van der Waals surface area contributed by atoms with Gasteiger partial charge in [0.25, 0.3) is 0 Å². The highest BCUT2D eigenvalue weighted by molar-refractivity contribution is 5.28. The average molecular weight is 585 g/mol. The summed E-state index contributed by atoms with van der Waals surface area (Å²) in [4.78, 5) is 0. The van der Waals surface area contributed by atoms with E-state index in [0.717, 1.165) is 63.6 Å². The second-order valence-corrected chi connectivity index (χ2v) is 13.8. The minimum atomic E-state index is 0.428. The largest absolute Gasteiger partial charge is 0.385 e. The maximum absolute atomic E-state index is 6.17. The molecule has 1 aromatic rings. The van der Waals surface area contributed by atoms with Gasteiger partial charge >= 0.3 is 0 Å². The monoisotopic (exact) mass is 584 g/mol. The van der Waals surface area contributed by atoms with Gasteiger partial charge in [-0.1, -0.05) is 56.9 Å². The van der Waals surface area contributed by atoms with Gasteiger partial charge in [0.15, 0.2) is 0 Å². The molecule has 0 N–H and O–H groups in total. The first-order valence-electron chi connectivity index (χ1n) is 18.2. The molecule has 42 heavy (non-hydrogen) atoms. The Labute approximate surface area is 259 Å². The highest BCUT2D eigenvalue weighted by atomic mass is 16.5. The van der Waals surface area contributed by atoms with Gasteiger partial charge in [0.1, 0.15) is 0 Å². The van der Waals surface area contributed by atoms with E-state index in [0.29, 0.717) is 18.1 Å². The minimum absolute atomic E-state index is 0.428. The molecule has 0 bridgehead atoms. The topological polar surface area (TPSA) is 36.9 Å². The van der Waals surface area contributed by atoms with E-state index in [9.17, 15) is 0 Å². The maximum atomic E-state index is 6.17. The van der Waals surface area contributed by atoms with Gasteiger partial charge in [-0.2, -0.15) is 0 Å². The fourth-order valence-electron chi connectivity index (χ4n) is 8.04. The molecule has 0 heterocycles. The van der Waals surface area contributed by atoms with Crippen molar-refractivity contribution in [2.45, 2.75) is 153 Å². The van der Waals surface area contributed by atoms with Crippen molar-refractivity contribution in [1.82, 2.24) is 0 Å². The Hall–Kier alpha value is -0.940. The first kappa shape index (κ1) is 33.9. The molecule has 3 aliphatic rings. The van der Waals surface area contributed by atoms with E-state index in [1.54, 1.807) is 18.2 Å². The van der Waals surface area contributed by atoms with E-state index in [1.165, 1.54) is 109 Å². The molecular formula is C38H64O4. The molecule has 0 spiro atoms. The van der Waals surface area contributed by atoms with Crippen LogP contribution in [0.2, 0.25) is 0 Å². The number of hydrogen-bond donors (Lipinski definition) is 0. The lowest BCUT2D eigenvalue weighted by Crippen LogP contribution is -2.28. The lowest BCUT2D eigenvalue weighted by Gasteiger charge is -2.38. The number of rotatable bonds is 19. The van der Waals surface area contributed by atoms with Crippen LogP contribution in [-0.4, -0.2) is 52.4 Å². The molecule has 1 aromatic carbocycles. The summed E-state index contributed by atoms with van der Waals surface area (Å²) in [7, 11) is 1.78. The maximum Gasteiger partial charge on any atom is 0.0704 e. The van der Waals surface area contributed by atoms with Crippen molar-refractivity contribution in [3.05, 3.63) is 35.4 Å². The van der Waals surface area contributed by atoms with Gasteiger partial charge in [0, 0.05) is 26.9 Å². The second-order valence-electron chi connectivity index (χ2n) is 13.8. The van der Waals surface area contributed by atoms with Gasteiger partial charge < -0.3 is 18.9 Å². The summed E-state index contributed by atoms with van der Waals surface area (Å²) in [6.45, 7) is 6.43. The van der Waals surface area contributed by atoms with Crippen LogP contribution in [0, 0.1) is 11.8 Å². The van der Waals surface area contributed by atoms with Crippen LogP contribution < -0.4 is 0 Å². The molecule has 0 amide bonds. The van der Waals surface area contributed by atoms with Gasteiger partial charge in [-0.3, -0.25) is 0 Å². The zero-order valence-electron chi connectivity index (χ0n) is 27.4. The molecular weight excluding hydrogens is 520 g/mol. The van der Waals surface area contributed by atoms with Gasteiger partial charge in [0.05, 0.1) is 25.4 Å². The Morgan fingerprint density at radius 2 is 0.976 bits per heavy atom. The summed E-state index contributed by atoms with van der Waals surface area (Å²) in [5, 5.41) is 0. The molecule has 3 fully saturated rings. The first-order valence-corrected chi connectivity index (χ1v) is 18.2. The summed E-state index contributed by atoms with van der Waals surface area (Å²) >= 11 is 0. The minimum Gasteiger partial charge on any atom is -0.385 e. The molecule has 0 radical (unpaired) electrons. The highest BCUT2D eigenvalue weighted by Gasteiger charge is 2.31. The smallest absolute Gasteiger partial charge is 0.0704 e. The van der Waals surface area contributed by atoms with E-state index < -0.39 is 0 Å². The molecule has 3 saturated carbocycles. The summed E-state index contributed by atoms with van der Waals surface area (Å²) in [6, 6.07) is 9.85. The second kappa shape index (κ2) is 20.2. The summed E-state index contributed by atoms with van der Waals surface area (Å²) < 4.78 is 23.3. The van der Waals surface area contributed by atoms with Crippen LogP contribution in [0.3, 0.4) is 0 Å². The Kier molecular flexibility index (Phi) is 16.3. The van der Waals surface area contributed by atoms with Crippen LogP contribution >= 0.6 is 0 Å². The van der Waals surface area contributed by atoms with Crippen molar-refractivity contribution in [2.75, 3.05) is 40.1 Å². The Balaban J connectivity index is 1.06. The predicted molar refractivity (Wildman–Crippen MR) is 174 cm³/mol. The van der Waals surface area contributed by atoms with E-state index in [4.69, 9.17) is 18.9 Å². The van der Waals surface area contributed by atoms with Gasteiger partial charge in [0.2, 0.25) is 0 Å². The SMILES string of the molecule is CCCCCCCOCCOC1CCC(c2ccc(C3CCC(C4CCC(OCCCCOC)CC4)CC3)cc2)CC1. The van der Waals surface area contributed by atoms with Crippen molar-refractivity contribution in [3.63, 3.8) is 0 Å². The number of benzene rings is 1. The molecule has 3 aliphatic carbocycles. The zero-order valence-corrected chi connectivity index (χ0v) is 27.4. The normalized spacial score (nSPS) is 28.6. The molecule has 0 atom stereocenters. The van der Waals surface area contributed by atoms with Gasteiger partial charge in [-0.05, 0) is 131 Å². The first-order chi connectivity index (χ1) is 20.8. The fraction of sp³-hybridized carbons (Fsp3) is 0.842. The van der Waals surface area contributed by atoms with Crippen LogP contribution in [0.1, 0.15) is 152 Å². The Bertz CT molecular complexity index is 786. The van der Waals surface area contributed by atoms with E-state index in [2.05, 4.69) is 31.2 Å². The van der Waals surface area contributed by atoms with E-state index in [1.807, 2.05) is 0 Å². The van der Waals surface area contributed by atoms with Crippen LogP contribution in [0.25, 0.3) is 0 Å². The molecule has 4 rings (SSSR count). The number of hydrogen-bond acceptors (Lipinski definition) is 4. The van der Waals surface area contributed by atoms with Crippen LogP contribution in [0.4, 0.5) is 0 Å². The van der Waals surface area contributed by atoms with E-state index >= 15 is 0 Å². The molecule has 4 heteroatoms. The predicted octanol–water partition coefficient (Wildman–Crippen LogP) is 9.99. The third kappa shape index (κ3) is 11.9. The average Bonchev–Trinajstić information content (AvgIpc) is 3.05. The van der Waals surface area contributed by atoms with E-state index in [-0.39, 0.29) is 0 Å². The molecule has 0 aromatic heterocycles. The molecule has 0 unspecified atom stereocenters. The van der Waals surface area contributed by atoms with Crippen LogP contribution in [0.15, 0.2) is 24.3 Å². The van der Waals surface area contributed by atoms with Crippen molar-refractivity contribution >= 4 is 0 Å².